The van der Waals surface area contributed by atoms with Gasteiger partial charge in [0.25, 0.3) is 0 Å². The van der Waals surface area contributed by atoms with Crippen LogP contribution in [0, 0.1) is 12.3 Å². The molecule has 0 aliphatic rings. The topological polar surface area (TPSA) is 55.6 Å². The highest BCUT2D eigenvalue weighted by Gasteiger charge is 2.10. The first-order chi connectivity index (χ1) is 7.53. The van der Waals surface area contributed by atoms with Gasteiger partial charge in [-0.2, -0.15) is 0 Å². The SMILES string of the molecule is C#CCSc1nnnn1CCNC(C)(C)C. The average molecular weight is 239 g/mol. The van der Waals surface area contributed by atoms with Gasteiger partial charge in [0.2, 0.25) is 5.16 Å². The van der Waals surface area contributed by atoms with Crippen molar-refractivity contribution in [1.82, 2.24) is 25.5 Å². The lowest BCUT2D eigenvalue weighted by Crippen LogP contribution is -2.38. The first kappa shape index (κ1) is 13.0. The molecule has 0 aliphatic carbocycles. The number of nitrogens with one attached hydrogen (secondary N) is 1. The highest BCUT2D eigenvalue weighted by molar-refractivity contribution is 7.99. The van der Waals surface area contributed by atoms with Crippen LogP contribution >= 0.6 is 11.8 Å². The second-order valence-corrected chi connectivity index (χ2v) is 5.30. The van der Waals surface area contributed by atoms with Gasteiger partial charge in [0.05, 0.1) is 12.3 Å². The zero-order valence-electron chi connectivity index (χ0n) is 9.90. The lowest BCUT2D eigenvalue weighted by molar-refractivity contribution is 0.396. The van der Waals surface area contributed by atoms with Crippen LogP contribution in [0.15, 0.2) is 5.16 Å². The van der Waals surface area contributed by atoms with Gasteiger partial charge < -0.3 is 5.32 Å². The van der Waals surface area contributed by atoms with Gasteiger partial charge >= 0.3 is 0 Å². The van der Waals surface area contributed by atoms with Crippen molar-refractivity contribution in [2.75, 3.05) is 12.3 Å². The molecular weight excluding hydrogens is 222 g/mol. The fourth-order valence-electron chi connectivity index (χ4n) is 1.08. The lowest BCUT2D eigenvalue weighted by Gasteiger charge is -2.20. The molecule has 16 heavy (non-hydrogen) atoms. The summed E-state index contributed by atoms with van der Waals surface area (Å²) in [5.74, 6) is 3.14. The van der Waals surface area contributed by atoms with Crippen LogP contribution in [0.3, 0.4) is 0 Å². The van der Waals surface area contributed by atoms with Crippen molar-refractivity contribution in [3.05, 3.63) is 0 Å². The van der Waals surface area contributed by atoms with Gasteiger partial charge in [-0.05, 0) is 31.2 Å². The summed E-state index contributed by atoms with van der Waals surface area (Å²) in [6.45, 7) is 7.96. The molecule has 1 N–H and O–H groups in total. The molecule has 0 aromatic carbocycles. The summed E-state index contributed by atoms with van der Waals surface area (Å²) in [6.07, 6.45) is 5.19. The number of thioether (sulfide) groups is 1. The Morgan fingerprint density at radius 1 is 1.50 bits per heavy atom. The van der Waals surface area contributed by atoms with Crippen molar-refractivity contribution in [3.8, 4) is 12.3 Å². The van der Waals surface area contributed by atoms with Gasteiger partial charge in [0.15, 0.2) is 0 Å². The van der Waals surface area contributed by atoms with Crippen LogP contribution in [0.4, 0.5) is 0 Å². The van der Waals surface area contributed by atoms with Crippen LogP contribution in [0.5, 0.6) is 0 Å². The van der Waals surface area contributed by atoms with E-state index in [1.165, 1.54) is 11.8 Å². The maximum absolute atomic E-state index is 5.19. The minimum absolute atomic E-state index is 0.111. The maximum atomic E-state index is 5.19. The molecule has 1 aromatic heterocycles. The molecule has 0 bridgehead atoms. The van der Waals surface area contributed by atoms with Crippen molar-refractivity contribution in [1.29, 1.82) is 0 Å². The van der Waals surface area contributed by atoms with E-state index in [9.17, 15) is 0 Å². The molecule has 0 atom stereocenters. The number of rotatable bonds is 5. The highest BCUT2D eigenvalue weighted by atomic mass is 32.2. The predicted octanol–water partition coefficient (Wildman–Crippen LogP) is 0.786. The lowest BCUT2D eigenvalue weighted by atomic mass is 10.1. The Kier molecular flexibility index (Phi) is 4.77. The standard InChI is InChI=1S/C10H17N5S/c1-5-8-16-9-12-13-14-15(9)7-6-11-10(2,3)4/h1,11H,6-8H2,2-4H3. The van der Waals surface area contributed by atoms with Gasteiger partial charge in [-0.15, -0.1) is 11.5 Å². The van der Waals surface area contributed by atoms with E-state index in [0.717, 1.165) is 18.2 Å². The van der Waals surface area contributed by atoms with E-state index in [1.54, 1.807) is 4.68 Å². The van der Waals surface area contributed by atoms with E-state index < -0.39 is 0 Å². The smallest absolute Gasteiger partial charge is 0.210 e. The van der Waals surface area contributed by atoms with E-state index in [2.05, 4.69) is 47.5 Å². The molecule has 1 aromatic rings. The first-order valence-corrected chi connectivity index (χ1v) is 6.09. The molecule has 0 aliphatic heterocycles. The van der Waals surface area contributed by atoms with Crippen molar-refractivity contribution in [2.24, 2.45) is 0 Å². The van der Waals surface area contributed by atoms with Gasteiger partial charge in [-0.1, -0.05) is 17.7 Å². The zero-order valence-corrected chi connectivity index (χ0v) is 10.7. The van der Waals surface area contributed by atoms with Crippen LogP contribution in [0.1, 0.15) is 20.8 Å². The highest BCUT2D eigenvalue weighted by Crippen LogP contribution is 2.11. The maximum Gasteiger partial charge on any atom is 0.210 e. The summed E-state index contributed by atoms with van der Waals surface area (Å²) >= 11 is 1.47. The number of hydrogen-bond donors (Lipinski definition) is 1. The Morgan fingerprint density at radius 3 is 2.88 bits per heavy atom. The third-order valence-corrected chi connectivity index (χ3v) is 2.62. The largest absolute Gasteiger partial charge is 0.310 e. The van der Waals surface area contributed by atoms with E-state index >= 15 is 0 Å². The summed E-state index contributed by atoms with van der Waals surface area (Å²) in [6, 6.07) is 0. The summed E-state index contributed by atoms with van der Waals surface area (Å²) in [7, 11) is 0. The Bertz CT molecular complexity index is 360. The molecule has 0 saturated carbocycles. The number of terminal acetylenes is 1. The minimum Gasteiger partial charge on any atom is -0.310 e. The van der Waals surface area contributed by atoms with Crippen LogP contribution in [0.25, 0.3) is 0 Å². The summed E-state index contributed by atoms with van der Waals surface area (Å²) in [5, 5.41) is 15.6. The van der Waals surface area contributed by atoms with Crippen molar-refractivity contribution in [3.63, 3.8) is 0 Å². The van der Waals surface area contributed by atoms with E-state index in [4.69, 9.17) is 6.42 Å². The quantitative estimate of drug-likeness (QED) is 0.608. The number of nitrogens with zero attached hydrogens (tertiary/aromatic N) is 4. The third-order valence-electron chi connectivity index (χ3n) is 1.76. The molecular formula is C10H17N5S. The average Bonchev–Trinajstić information content (AvgIpc) is 2.60. The van der Waals surface area contributed by atoms with Crippen LogP contribution in [-0.2, 0) is 6.54 Å². The molecule has 0 radical (unpaired) electrons. The van der Waals surface area contributed by atoms with Gasteiger partial charge in [0, 0.05) is 12.1 Å². The molecule has 1 heterocycles. The minimum atomic E-state index is 0.111. The molecule has 88 valence electrons. The number of hydrogen-bond acceptors (Lipinski definition) is 5. The fraction of sp³-hybridized carbons (Fsp3) is 0.700. The molecule has 0 saturated heterocycles. The summed E-state index contributed by atoms with van der Waals surface area (Å²) in [5.41, 5.74) is 0.111. The molecule has 0 unspecified atom stereocenters. The van der Waals surface area contributed by atoms with E-state index in [-0.39, 0.29) is 5.54 Å². The van der Waals surface area contributed by atoms with Crippen molar-refractivity contribution >= 4 is 11.8 Å². The van der Waals surface area contributed by atoms with Gasteiger partial charge in [0.1, 0.15) is 0 Å². The molecule has 5 nitrogen and oxygen atoms in total. The van der Waals surface area contributed by atoms with E-state index in [0.29, 0.717) is 5.75 Å². The van der Waals surface area contributed by atoms with Crippen molar-refractivity contribution in [2.45, 2.75) is 38.0 Å². The molecule has 0 fully saturated rings. The molecule has 0 amide bonds. The predicted molar refractivity (Wildman–Crippen MR) is 65.1 cm³/mol. The van der Waals surface area contributed by atoms with Crippen molar-refractivity contribution < 1.29 is 0 Å². The van der Waals surface area contributed by atoms with Crippen LogP contribution in [-0.4, -0.2) is 38.0 Å². The Morgan fingerprint density at radius 2 is 2.25 bits per heavy atom. The fourth-order valence-corrected chi connectivity index (χ4v) is 1.67. The number of aromatic nitrogens is 4. The zero-order chi connectivity index (χ0) is 12.0. The van der Waals surface area contributed by atoms with Gasteiger partial charge in [-0.25, -0.2) is 4.68 Å². The van der Waals surface area contributed by atoms with E-state index in [1.807, 2.05) is 0 Å². The molecule has 6 heteroatoms. The Hall–Kier alpha value is -1.06. The summed E-state index contributed by atoms with van der Waals surface area (Å²) in [4.78, 5) is 0. The second-order valence-electron chi connectivity index (χ2n) is 4.35. The molecule has 0 spiro atoms. The Labute approximate surface area is 100 Å². The number of tetrazole rings is 1. The molecule has 1 rings (SSSR count). The summed E-state index contributed by atoms with van der Waals surface area (Å²) < 4.78 is 1.76. The Balaban J connectivity index is 2.42. The van der Waals surface area contributed by atoms with Crippen LogP contribution in [0.2, 0.25) is 0 Å². The first-order valence-electron chi connectivity index (χ1n) is 5.10. The van der Waals surface area contributed by atoms with Crippen LogP contribution < -0.4 is 5.32 Å². The third kappa shape index (κ3) is 4.64. The second kappa shape index (κ2) is 5.87. The monoisotopic (exact) mass is 239 g/mol. The van der Waals surface area contributed by atoms with Gasteiger partial charge in [-0.3, -0.25) is 0 Å². The normalized spacial score (nSPS) is 11.4.